The van der Waals surface area contributed by atoms with Crippen LogP contribution in [0.3, 0.4) is 0 Å². The summed E-state index contributed by atoms with van der Waals surface area (Å²) in [5.41, 5.74) is 1.33. The molecule has 2 rings (SSSR count). The fourth-order valence-electron chi connectivity index (χ4n) is 1.90. The number of benzene rings is 1. The molecule has 0 aromatic heterocycles. The molecule has 86 valence electrons. The second-order valence-electron chi connectivity index (χ2n) is 4.18. The van der Waals surface area contributed by atoms with Crippen LogP contribution >= 0.6 is 11.6 Å². The topological polar surface area (TPSA) is 21.6 Å². The van der Waals surface area contributed by atoms with Crippen LogP contribution in [0.5, 0.6) is 0 Å². The van der Waals surface area contributed by atoms with Crippen molar-refractivity contribution in [3.63, 3.8) is 0 Å². The highest BCUT2D eigenvalue weighted by Gasteiger charge is 2.20. The Morgan fingerprint density at radius 1 is 1.31 bits per heavy atom. The molecule has 1 aliphatic heterocycles. The lowest BCUT2D eigenvalue weighted by Crippen LogP contribution is -2.17. The molecule has 0 aliphatic carbocycles. The minimum atomic E-state index is 0.241. The van der Waals surface area contributed by atoms with Gasteiger partial charge < -0.3 is 4.74 Å². The van der Waals surface area contributed by atoms with Gasteiger partial charge in [0.15, 0.2) is 6.40 Å². The van der Waals surface area contributed by atoms with Crippen molar-refractivity contribution in [1.82, 2.24) is 0 Å². The first-order valence-corrected chi connectivity index (χ1v) is 6.05. The summed E-state index contributed by atoms with van der Waals surface area (Å²) in [5.74, 6) is 0. The molecule has 2 nitrogen and oxygen atoms in total. The third kappa shape index (κ3) is 2.99. The van der Waals surface area contributed by atoms with Crippen LogP contribution in [0, 0.1) is 0 Å². The van der Waals surface area contributed by atoms with Gasteiger partial charge in [-0.05, 0) is 43.9 Å². The Kier molecular flexibility index (Phi) is 3.83. The quantitative estimate of drug-likeness (QED) is 0.786. The van der Waals surface area contributed by atoms with E-state index in [1.807, 2.05) is 12.1 Å². The first kappa shape index (κ1) is 11.5. The summed E-state index contributed by atoms with van der Waals surface area (Å²) < 4.78 is 5.27. The van der Waals surface area contributed by atoms with Gasteiger partial charge in [0.1, 0.15) is 6.10 Å². The highest BCUT2D eigenvalue weighted by atomic mass is 35.5. The number of aryl methyl sites for hydroxylation is 1. The maximum atomic E-state index is 5.83. The van der Waals surface area contributed by atoms with E-state index >= 15 is 0 Å². The molecule has 2 atom stereocenters. The first-order valence-electron chi connectivity index (χ1n) is 5.67. The van der Waals surface area contributed by atoms with E-state index in [9.17, 15) is 0 Å². The normalized spacial score (nSPS) is 23.4. The summed E-state index contributed by atoms with van der Waals surface area (Å²) in [4.78, 5) is 4.29. The van der Waals surface area contributed by atoms with Gasteiger partial charge in [-0.3, -0.25) is 4.99 Å². The van der Waals surface area contributed by atoms with Crippen molar-refractivity contribution in [3.8, 4) is 0 Å². The van der Waals surface area contributed by atoms with Crippen molar-refractivity contribution >= 4 is 18.0 Å². The molecule has 0 fully saturated rings. The fraction of sp³-hybridized carbons (Fsp3) is 0.462. The van der Waals surface area contributed by atoms with E-state index in [4.69, 9.17) is 16.3 Å². The molecule has 1 aliphatic rings. The highest BCUT2D eigenvalue weighted by molar-refractivity contribution is 6.30. The van der Waals surface area contributed by atoms with Crippen LogP contribution in [-0.4, -0.2) is 18.5 Å². The minimum absolute atomic E-state index is 0.241. The second kappa shape index (κ2) is 5.35. The number of hydrogen-bond acceptors (Lipinski definition) is 2. The fourth-order valence-corrected chi connectivity index (χ4v) is 2.02. The van der Waals surface area contributed by atoms with Crippen LogP contribution in [0.1, 0.15) is 25.3 Å². The van der Waals surface area contributed by atoms with Crippen LogP contribution in [0.25, 0.3) is 0 Å². The molecule has 0 saturated carbocycles. The number of halogens is 1. The average molecular weight is 238 g/mol. The monoisotopic (exact) mass is 237 g/mol. The number of hydrogen-bond donors (Lipinski definition) is 0. The van der Waals surface area contributed by atoms with E-state index in [-0.39, 0.29) is 6.10 Å². The van der Waals surface area contributed by atoms with Crippen LogP contribution in [0.2, 0.25) is 5.02 Å². The molecule has 1 aromatic rings. The largest absolute Gasteiger partial charge is 0.478 e. The predicted octanol–water partition coefficient (Wildman–Crippen LogP) is 3.48. The van der Waals surface area contributed by atoms with Crippen molar-refractivity contribution in [2.45, 2.75) is 38.3 Å². The molecule has 16 heavy (non-hydrogen) atoms. The molecule has 0 amide bonds. The molecule has 0 bridgehead atoms. The molecule has 1 heterocycles. The standard InChI is InChI=1S/C13H16ClNO/c1-10-13(15-9-16-10)4-2-3-11-5-7-12(14)8-6-11/h5-10,13H,2-4H2,1H3. The number of ether oxygens (including phenoxy) is 1. The van der Waals surface area contributed by atoms with Gasteiger partial charge in [-0.25, -0.2) is 0 Å². The summed E-state index contributed by atoms with van der Waals surface area (Å²) in [7, 11) is 0. The lowest BCUT2D eigenvalue weighted by atomic mass is 10.0. The molecule has 1 aromatic carbocycles. The number of nitrogens with zero attached hydrogens (tertiary/aromatic N) is 1. The zero-order valence-electron chi connectivity index (χ0n) is 9.40. The maximum absolute atomic E-state index is 5.83. The molecule has 0 radical (unpaired) electrons. The lowest BCUT2D eigenvalue weighted by Gasteiger charge is -2.11. The smallest absolute Gasteiger partial charge is 0.170 e. The minimum Gasteiger partial charge on any atom is -0.478 e. The van der Waals surface area contributed by atoms with Gasteiger partial charge in [0.05, 0.1) is 6.04 Å². The molecular formula is C13H16ClNO. The number of aliphatic imine (C=N–C) groups is 1. The Labute approximate surface area is 101 Å². The van der Waals surface area contributed by atoms with Gasteiger partial charge in [0.2, 0.25) is 0 Å². The molecule has 2 unspecified atom stereocenters. The van der Waals surface area contributed by atoms with Crippen LogP contribution < -0.4 is 0 Å². The van der Waals surface area contributed by atoms with Crippen LogP contribution in [0.4, 0.5) is 0 Å². The second-order valence-corrected chi connectivity index (χ2v) is 4.62. The van der Waals surface area contributed by atoms with Gasteiger partial charge in [0, 0.05) is 5.02 Å². The summed E-state index contributed by atoms with van der Waals surface area (Å²) >= 11 is 5.83. The zero-order valence-corrected chi connectivity index (χ0v) is 10.2. The first-order chi connectivity index (χ1) is 7.75. The number of rotatable bonds is 4. The SMILES string of the molecule is CC1OC=NC1CCCc1ccc(Cl)cc1. The van der Waals surface area contributed by atoms with Crippen molar-refractivity contribution < 1.29 is 4.74 Å². The third-order valence-corrected chi connectivity index (χ3v) is 3.20. The van der Waals surface area contributed by atoms with E-state index in [1.165, 1.54) is 5.56 Å². The molecular weight excluding hydrogens is 222 g/mol. The van der Waals surface area contributed by atoms with Crippen LogP contribution in [-0.2, 0) is 11.2 Å². The molecule has 3 heteroatoms. The van der Waals surface area contributed by atoms with E-state index in [0.717, 1.165) is 24.3 Å². The van der Waals surface area contributed by atoms with Gasteiger partial charge in [-0.15, -0.1) is 0 Å². The third-order valence-electron chi connectivity index (χ3n) is 2.95. The molecule has 0 spiro atoms. The van der Waals surface area contributed by atoms with E-state index in [2.05, 4.69) is 24.0 Å². The summed E-state index contributed by atoms with van der Waals surface area (Å²) in [6.45, 7) is 2.07. The molecule has 0 saturated heterocycles. The van der Waals surface area contributed by atoms with Gasteiger partial charge in [0.25, 0.3) is 0 Å². The Bertz CT molecular complexity index is 361. The summed E-state index contributed by atoms with van der Waals surface area (Å²) in [6, 6.07) is 8.39. The van der Waals surface area contributed by atoms with Gasteiger partial charge >= 0.3 is 0 Å². The summed E-state index contributed by atoms with van der Waals surface area (Å²) in [6.07, 6.45) is 5.12. The van der Waals surface area contributed by atoms with Crippen molar-refractivity contribution in [1.29, 1.82) is 0 Å². The predicted molar refractivity (Wildman–Crippen MR) is 67.2 cm³/mol. The van der Waals surface area contributed by atoms with Gasteiger partial charge in [-0.1, -0.05) is 23.7 Å². The molecule has 0 N–H and O–H groups in total. The van der Waals surface area contributed by atoms with Crippen molar-refractivity contribution in [2.75, 3.05) is 0 Å². The van der Waals surface area contributed by atoms with Crippen molar-refractivity contribution in [3.05, 3.63) is 34.9 Å². The lowest BCUT2D eigenvalue weighted by molar-refractivity contribution is 0.215. The Balaban J connectivity index is 1.75. The average Bonchev–Trinajstić information content (AvgIpc) is 2.68. The van der Waals surface area contributed by atoms with E-state index in [0.29, 0.717) is 6.04 Å². The zero-order chi connectivity index (χ0) is 11.4. The maximum Gasteiger partial charge on any atom is 0.170 e. The van der Waals surface area contributed by atoms with E-state index < -0.39 is 0 Å². The Morgan fingerprint density at radius 3 is 2.69 bits per heavy atom. The van der Waals surface area contributed by atoms with Crippen LogP contribution in [0.15, 0.2) is 29.3 Å². The highest BCUT2D eigenvalue weighted by Crippen LogP contribution is 2.17. The Morgan fingerprint density at radius 2 is 2.06 bits per heavy atom. The van der Waals surface area contributed by atoms with Crippen molar-refractivity contribution in [2.24, 2.45) is 4.99 Å². The summed E-state index contributed by atoms with van der Waals surface area (Å²) in [5, 5.41) is 0.797. The van der Waals surface area contributed by atoms with Gasteiger partial charge in [-0.2, -0.15) is 0 Å². The van der Waals surface area contributed by atoms with E-state index in [1.54, 1.807) is 6.40 Å². The Hall–Kier alpha value is -1.02.